The molecule has 0 unspecified atom stereocenters. The molecule has 0 radical (unpaired) electrons. The van der Waals surface area contributed by atoms with Gasteiger partial charge in [0.15, 0.2) is 0 Å². The number of amides is 1. The molecule has 9 heteroatoms. The Hall–Kier alpha value is -2.71. The van der Waals surface area contributed by atoms with Crippen molar-refractivity contribution in [2.45, 2.75) is 12.7 Å². The molecule has 0 bridgehead atoms. The number of anilines is 1. The Bertz CT molecular complexity index is 763. The maximum absolute atomic E-state index is 12.9. The van der Waals surface area contributed by atoms with E-state index in [0.717, 1.165) is 18.0 Å². The number of alkyl halides is 3. The van der Waals surface area contributed by atoms with Crippen LogP contribution in [0.1, 0.15) is 11.3 Å². The predicted octanol–water partition coefficient (Wildman–Crippen LogP) is 2.48. The van der Waals surface area contributed by atoms with Crippen molar-refractivity contribution in [3.05, 3.63) is 53.7 Å². The van der Waals surface area contributed by atoms with Gasteiger partial charge in [-0.1, -0.05) is 12.1 Å². The van der Waals surface area contributed by atoms with Crippen LogP contribution in [0.25, 0.3) is 0 Å². The Morgan fingerprint density at radius 1 is 1.08 bits per heavy atom. The zero-order valence-corrected chi connectivity index (χ0v) is 13.0. The number of hydrogen-bond acceptors (Lipinski definition) is 4. The van der Waals surface area contributed by atoms with Gasteiger partial charge in [0.1, 0.15) is 23.7 Å². The first-order chi connectivity index (χ1) is 11.8. The van der Waals surface area contributed by atoms with Crippen molar-refractivity contribution in [1.29, 1.82) is 0 Å². The van der Waals surface area contributed by atoms with Gasteiger partial charge in [-0.3, -0.25) is 4.79 Å². The third kappa shape index (κ3) is 4.04. The minimum atomic E-state index is -4.56. The minimum Gasteiger partial charge on any atom is -0.345 e. The number of rotatable bonds is 3. The van der Waals surface area contributed by atoms with Crippen LogP contribution in [0.5, 0.6) is 0 Å². The lowest BCUT2D eigenvalue weighted by atomic mass is 10.2. The molecule has 0 N–H and O–H groups in total. The summed E-state index contributed by atoms with van der Waals surface area (Å²) in [7, 11) is 0. The van der Waals surface area contributed by atoms with Gasteiger partial charge in [0.2, 0.25) is 5.91 Å². The lowest BCUT2D eigenvalue weighted by molar-refractivity contribution is -0.141. The number of nitrogens with zero attached hydrogens (tertiary/aromatic N) is 4. The summed E-state index contributed by atoms with van der Waals surface area (Å²) < 4.78 is 51.1. The monoisotopic (exact) mass is 354 g/mol. The number of benzene rings is 1. The molecule has 2 heterocycles. The van der Waals surface area contributed by atoms with Gasteiger partial charge in [0.05, 0.1) is 6.54 Å². The van der Waals surface area contributed by atoms with E-state index in [1.165, 1.54) is 17.0 Å². The maximum atomic E-state index is 12.9. The highest BCUT2D eigenvalue weighted by molar-refractivity contribution is 5.82. The van der Waals surface area contributed by atoms with E-state index >= 15 is 0 Å². The van der Waals surface area contributed by atoms with E-state index in [9.17, 15) is 22.4 Å². The van der Waals surface area contributed by atoms with Crippen molar-refractivity contribution in [1.82, 2.24) is 14.9 Å². The second-order valence-electron chi connectivity index (χ2n) is 5.62. The van der Waals surface area contributed by atoms with E-state index in [4.69, 9.17) is 0 Å². The summed E-state index contributed by atoms with van der Waals surface area (Å²) in [6.07, 6.45) is -3.72. The molecular weight excluding hydrogens is 340 g/mol. The van der Waals surface area contributed by atoms with Crippen LogP contribution < -0.4 is 4.90 Å². The summed E-state index contributed by atoms with van der Waals surface area (Å²) >= 11 is 0. The Balaban J connectivity index is 1.67. The molecule has 132 valence electrons. The van der Waals surface area contributed by atoms with Gasteiger partial charge in [-0.2, -0.15) is 13.2 Å². The van der Waals surface area contributed by atoms with Gasteiger partial charge in [0.25, 0.3) is 0 Å². The summed E-state index contributed by atoms with van der Waals surface area (Å²) in [5, 5.41) is 0. The summed E-state index contributed by atoms with van der Waals surface area (Å²) in [5.41, 5.74) is -0.261. The number of aromatic nitrogens is 2. The summed E-state index contributed by atoms with van der Waals surface area (Å²) in [6, 6.07) is 6.65. The summed E-state index contributed by atoms with van der Waals surface area (Å²) in [6.45, 7) is 0.933. The van der Waals surface area contributed by atoms with Gasteiger partial charge in [-0.15, -0.1) is 0 Å². The Labute approximate surface area is 140 Å². The van der Waals surface area contributed by atoms with Gasteiger partial charge < -0.3 is 9.80 Å². The highest BCUT2D eigenvalue weighted by Gasteiger charge is 2.34. The topological polar surface area (TPSA) is 49.3 Å². The fraction of sp³-hybridized carbons (Fsp3) is 0.312. The Morgan fingerprint density at radius 2 is 1.80 bits per heavy atom. The lowest BCUT2D eigenvalue weighted by Gasteiger charge is -2.35. The first-order valence-corrected chi connectivity index (χ1v) is 7.49. The van der Waals surface area contributed by atoms with Gasteiger partial charge in [-0.25, -0.2) is 14.4 Å². The number of carbonyl (C=O) groups excluding carboxylic acids is 1. The van der Waals surface area contributed by atoms with Crippen LogP contribution in [0, 0.1) is 5.82 Å². The lowest BCUT2D eigenvalue weighted by Crippen LogP contribution is -2.50. The number of halogens is 4. The second kappa shape index (κ2) is 6.66. The van der Waals surface area contributed by atoms with Crippen LogP contribution in [-0.4, -0.2) is 40.4 Å². The van der Waals surface area contributed by atoms with Crippen LogP contribution in [-0.2, 0) is 17.5 Å². The van der Waals surface area contributed by atoms with E-state index in [1.807, 2.05) is 0 Å². The molecule has 1 aromatic carbocycles. The van der Waals surface area contributed by atoms with Gasteiger partial charge in [0, 0.05) is 25.7 Å². The molecule has 3 rings (SSSR count). The summed E-state index contributed by atoms with van der Waals surface area (Å²) in [5.74, 6) is -0.524. The quantitative estimate of drug-likeness (QED) is 0.795. The van der Waals surface area contributed by atoms with E-state index in [1.54, 1.807) is 17.0 Å². The molecule has 0 aliphatic carbocycles. The molecule has 1 aliphatic rings. The van der Waals surface area contributed by atoms with Gasteiger partial charge in [-0.05, 0) is 17.7 Å². The highest BCUT2D eigenvalue weighted by Crippen LogP contribution is 2.29. The van der Waals surface area contributed by atoms with Gasteiger partial charge >= 0.3 is 6.18 Å². The van der Waals surface area contributed by atoms with Crippen molar-refractivity contribution < 1.29 is 22.4 Å². The van der Waals surface area contributed by atoms with Crippen molar-refractivity contribution in [2.75, 3.05) is 24.5 Å². The molecule has 0 saturated carbocycles. The number of hydrogen-bond donors (Lipinski definition) is 0. The van der Waals surface area contributed by atoms with Crippen LogP contribution in [0.3, 0.4) is 0 Å². The fourth-order valence-electron chi connectivity index (χ4n) is 2.56. The molecule has 1 aliphatic heterocycles. The van der Waals surface area contributed by atoms with Crippen molar-refractivity contribution in [3.63, 3.8) is 0 Å². The molecule has 1 amide bonds. The predicted molar refractivity (Wildman–Crippen MR) is 81.1 cm³/mol. The van der Waals surface area contributed by atoms with Crippen LogP contribution >= 0.6 is 0 Å². The maximum Gasteiger partial charge on any atom is 0.433 e. The fourth-order valence-corrected chi connectivity index (χ4v) is 2.56. The van der Waals surface area contributed by atoms with E-state index in [-0.39, 0.29) is 24.1 Å². The molecule has 1 fully saturated rings. The van der Waals surface area contributed by atoms with Crippen LogP contribution in [0.15, 0.2) is 36.7 Å². The second-order valence-corrected chi connectivity index (χ2v) is 5.62. The molecule has 1 aromatic heterocycles. The number of piperazine rings is 1. The molecule has 2 aromatic rings. The average molecular weight is 354 g/mol. The Kier molecular flexibility index (Phi) is 4.56. The zero-order chi connectivity index (χ0) is 18.0. The molecule has 0 atom stereocenters. The van der Waals surface area contributed by atoms with E-state index in [0.29, 0.717) is 19.6 Å². The van der Waals surface area contributed by atoms with E-state index < -0.39 is 11.9 Å². The molecule has 5 nitrogen and oxygen atoms in total. The average Bonchev–Trinajstić information content (AvgIpc) is 2.58. The smallest absolute Gasteiger partial charge is 0.345 e. The third-order valence-corrected chi connectivity index (χ3v) is 3.87. The van der Waals surface area contributed by atoms with Crippen LogP contribution in [0.2, 0.25) is 0 Å². The number of carbonyl (C=O) groups is 1. The normalized spacial score (nSPS) is 15.6. The minimum absolute atomic E-state index is 0.0668. The largest absolute Gasteiger partial charge is 0.433 e. The Morgan fingerprint density at radius 3 is 2.44 bits per heavy atom. The van der Waals surface area contributed by atoms with Crippen molar-refractivity contribution in [2.24, 2.45) is 0 Å². The zero-order valence-electron chi connectivity index (χ0n) is 13.0. The molecule has 1 saturated heterocycles. The SMILES string of the molecule is O=C1CN(c2cc(C(F)(F)F)ncn2)CCN1Cc1ccc(F)cc1. The highest BCUT2D eigenvalue weighted by atomic mass is 19.4. The van der Waals surface area contributed by atoms with E-state index in [2.05, 4.69) is 9.97 Å². The standard InChI is InChI=1S/C16H14F4N4O/c17-12-3-1-11(2-4-12)8-24-6-5-23(9-15(24)25)14-7-13(16(18,19)20)21-10-22-14/h1-4,7,10H,5-6,8-9H2. The first kappa shape index (κ1) is 17.1. The van der Waals surface area contributed by atoms with Crippen molar-refractivity contribution in [3.8, 4) is 0 Å². The molecular formula is C16H14F4N4O. The molecule has 25 heavy (non-hydrogen) atoms. The summed E-state index contributed by atoms with van der Waals surface area (Å²) in [4.78, 5) is 22.4. The molecule has 0 spiro atoms. The first-order valence-electron chi connectivity index (χ1n) is 7.49. The van der Waals surface area contributed by atoms with Crippen LogP contribution in [0.4, 0.5) is 23.4 Å². The third-order valence-electron chi connectivity index (χ3n) is 3.87. The van der Waals surface area contributed by atoms with Crippen molar-refractivity contribution >= 4 is 11.7 Å².